The molecule has 0 saturated heterocycles. The number of aryl methyl sites for hydroxylation is 1. The molecule has 1 aliphatic heterocycles. The minimum atomic E-state index is -1.02. The first kappa shape index (κ1) is 14.0. The fourth-order valence-electron chi connectivity index (χ4n) is 2.74. The summed E-state index contributed by atoms with van der Waals surface area (Å²) in [6.07, 6.45) is 2.24. The highest BCUT2D eigenvalue weighted by Crippen LogP contribution is 2.37. The normalized spacial score (nSPS) is 22.8. The third-order valence-corrected chi connectivity index (χ3v) is 3.95. The molecular formula is C15H22N2O2. The zero-order valence-corrected chi connectivity index (χ0v) is 11.6. The van der Waals surface area contributed by atoms with Crippen LogP contribution in [0.15, 0.2) is 18.2 Å². The number of amides is 1. The molecule has 0 radical (unpaired) electrons. The number of benzene rings is 1. The Morgan fingerprint density at radius 2 is 2.26 bits per heavy atom. The SMILES string of the molecule is CCc1ccc2c(c1)C(O)(CN)CCCN2C(C)=O. The second-order valence-electron chi connectivity index (χ2n) is 5.21. The van der Waals surface area contributed by atoms with E-state index in [1.165, 1.54) is 0 Å². The van der Waals surface area contributed by atoms with Crippen LogP contribution in [0.4, 0.5) is 5.69 Å². The predicted molar refractivity (Wildman–Crippen MR) is 76.0 cm³/mol. The maximum absolute atomic E-state index is 11.8. The smallest absolute Gasteiger partial charge is 0.223 e. The van der Waals surface area contributed by atoms with Gasteiger partial charge in [-0.3, -0.25) is 4.79 Å². The molecule has 4 nitrogen and oxygen atoms in total. The van der Waals surface area contributed by atoms with E-state index in [-0.39, 0.29) is 12.5 Å². The van der Waals surface area contributed by atoms with Crippen molar-refractivity contribution in [2.75, 3.05) is 18.0 Å². The van der Waals surface area contributed by atoms with Crippen molar-refractivity contribution in [3.63, 3.8) is 0 Å². The van der Waals surface area contributed by atoms with Crippen molar-refractivity contribution < 1.29 is 9.90 Å². The van der Waals surface area contributed by atoms with E-state index in [4.69, 9.17) is 5.73 Å². The van der Waals surface area contributed by atoms with Crippen molar-refractivity contribution >= 4 is 11.6 Å². The van der Waals surface area contributed by atoms with Gasteiger partial charge in [-0.15, -0.1) is 0 Å². The molecule has 1 aliphatic rings. The predicted octanol–water partition coefficient (Wildman–Crippen LogP) is 1.54. The van der Waals surface area contributed by atoms with Gasteiger partial charge in [-0.05, 0) is 30.9 Å². The van der Waals surface area contributed by atoms with E-state index < -0.39 is 5.60 Å². The molecule has 1 heterocycles. The Bertz CT molecular complexity index is 487. The van der Waals surface area contributed by atoms with Crippen molar-refractivity contribution in [1.82, 2.24) is 0 Å². The molecule has 0 aromatic heterocycles. The Hall–Kier alpha value is -1.39. The monoisotopic (exact) mass is 262 g/mol. The first-order chi connectivity index (χ1) is 9.01. The van der Waals surface area contributed by atoms with Gasteiger partial charge in [0.2, 0.25) is 5.91 Å². The van der Waals surface area contributed by atoms with E-state index in [0.29, 0.717) is 13.0 Å². The van der Waals surface area contributed by atoms with Gasteiger partial charge in [0, 0.05) is 31.3 Å². The van der Waals surface area contributed by atoms with Crippen LogP contribution in [0.25, 0.3) is 0 Å². The van der Waals surface area contributed by atoms with E-state index in [1.807, 2.05) is 18.2 Å². The van der Waals surface area contributed by atoms with E-state index in [0.717, 1.165) is 29.7 Å². The van der Waals surface area contributed by atoms with E-state index in [1.54, 1.807) is 11.8 Å². The summed E-state index contributed by atoms with van der Waals surface area (Å²) in [5.41, 5.74) is 7.50. The number of nitrogens with two attached hydrogens (primary N) is 1. The highest BCUT2D eigenvalue weighted by molar-refractivity contribution is 5.92. The van der Waals surface area contributed by atoms with Gasteiger partial charge in [0.15, 0.2) is 0 Å². The molecule has 0 fully saturated rings. The van der Waals surface area contributed by atoms with E-state index >= 15 is 0 Å². The summed E-state index contributed by atoms with van der Waals surface area (Å²) >= 11 is 0. The average Bonchev–Trinajstić information content (AvgIpc) is 2.56. The number of carbonyl (C=O) groups is 1. The third-order valence-electron chi connectivity index (χ3n) is 3.95. The molecule has 3 N–H and O–H groups in total. The molecule has 1 amide bonds. The molecule has 4 heteroatoms. The second-order valence-corrected chi connectivity index (χ2v) is 5.21. The van der Waals surface area contributed by atoms with Crippen LogP contribution >= 0.6 is 0 Å². The summed E-state index contributed by atoms with van der Waals surface area (Å²) in [6, 6.07) is 5.93. The summed E-state index contributed by atoms with van der Waals surface area (Å²) in [6.45, 7) is 4.45. The highest BCUT2D eigenvalue weighted by Gasteiger charge is 2.35. The average molecular weight is 262 g/mol. The van der Waals surface area contributed by atoms with Crippen molar-refractivity contribution in [3.8, 4) is 0 Å². The molecule has 2 rings (SSSR count). The lowest BCUT2D eigenvalue weighted by atomic mass is 9.87. The molecular weight excluding hydrogens is 240 g/mol. The topological polar surface area (TPSA) is 66.6 Å². The molecule has 0 aliphatic carbocycles. The highest BCUT2D eigenvalue weighted by atomic mass is 16.3. The van der Waals surface area contributed by atoms with Crippen LogP contribution in [0.5, 0.6) is 0 Å². The quantitative estimate of drug-likeness (QED) is 0.849. The summed E-state index contributed by atoms with van der Waals surface area (Å²) in [5.74, 6) is 0.00627. The number of hydrogen-bond donors (Lipinski definition) is 2. The minimum Gasteiger partial charge on any atom is -0.384 e. The van der Waals surface area contributed by atoms with Crippen LogP contribution in [-0.2, 0) is 16.8 Å². The Kier molecular flexibility index (Phi) is 3.92. The maximum Gasteiger partial charge on any atom is 0.223 e. The van der Waals surface area contributed by atoms with E-state index in [9.17, 15) is 9.90 Å². The van der Waals surface area contributed by atoms with Gasteiger partial charge in [-0.1, -0.05) is 19.1 Å². The summed E-state index contributed by atoms with van der Waals surface area (Å²) in [5, 5.41) is 10.8. The minimum absolute atomic E-state index is 0.00627. The van der Waals surface area contributed by atoms with Gasteiger partial charge in [-0.2, -0.15) is 0 Å². The maximum atomic E-state index is 11.8. The summed E-state index contributed by atoms with van der Waals surface area (Å²) < 4.78 is 0. The number of anilines is 1. The van der Waals surface area contributed by atoms with Crippen LogP contribution < -0.4 is 10.6 Å². The Labute approximate surface area is 114 Å². The fraction of sp³-hybridized carbons (Fsp3) is 0.533. The van der Waals surface area contributed by atoms with Crippen LogP contribution in [-0.4, -0.2) is 24.1 Å². The fourth-order valence-corrected chi connectivity index (χ4v) is 2.74. The lowest BCUT2D eigenvalue weighted by molar-refractivity contribution is -0.116. The number of hydrogen-bond acceptors (Lipinski definition) is 3. The van der Waals surface area contributed by atoms with Crippen molar-refractivity contribution in [2.45, 2.75) is 38.7 Å². The van der Waals surface area contributed by atoms with Gasteiger partial charge < -0.3 is 15.7 Å². The van der Waals surface area contributed by atoms with Crippen molar-refractivity contribution in [2.24, 2.45) is 5.73 Å². The zero-order chi connectivity index (χ0) is 14.0. The second kappa shape index (κ2) is 5.31. The standard InChI is InChI=1S/C15H22N2O2/c1-3-12-5-6-14-13(9-12)15(19,10-16)7-4-8-17(14)11(2)18/h5-6,9,19H,3-4,7-8,10,16H2,1-2H3. The molecule has 1 aromatic carbocycles. The summed E-state index contributed by atoms with van der Waals surface area (Å²) in [4.78, 5) is 13.5. The molecule has 0 saturated carbocycles. The first-order valence-corrected chi connectivity index (χ1v) is 6.86. The van der Waals surface area contributed by atoms with Gasteiger partial charge in [-0.25, -0.2) is 0 Å². The largest absolute Gasteiger partial charge is 0.384 e. The number of rotatable bonds is 2. The summed E-state index contributed by atoms with van der Waals surface area (Å²) in [7, 11) is 0. The molecule has 0 spiro atoms. The van der Waals surface area contributed by atoms with E-state index in [2.05, 4.69) is 6.92 Å². The van der Waals surface area contributed by atoms with Crippen LogP contribution in [0.3, 0.4) is 0 Å². The number of carbonyl (C=O) groups excluding carboxylic acids is 1. The number of fused-ring (bicyclic) bond motifs is 1. The van der Waals surface area contributed by atoms with Crippen LogP contribution in [0.1, 0.15) is 37.8 Å². The molecule has 1 unspecified atom stereocenters. The van der Waals surface area contributed by atoms with Gasteiger partial charge in [0.1, 0.15) is 5.60 Å². The number of nitrogens with zero attached hydrogens (tertiary/aromatic N) is 1. The van der Waals surface area contributed by atoms with Crippen molar-refractivity contribution in [3.05, 3.63) is 29.3 Å². The van der Waals surface area contributed by atoms with Crippen LogP contribution in [0.2, 0.25) is 0 Å². The Morgan fingerprint density at radius 3 is 2.84 bits per heavy atom. The Morgan fingerprint density at radius 1 is 1.53 bits per heavy atom. The van der Waals surface area contributed by atoms with Crippen LogP contribution in [0, 0.1) is 0 Å². The van der Waals surface area contributed by atoms with Gasteiger partial charge >= 0.3 is 0 Å². The molecule has 0 bridgehead atoms. The third kappa shape index (κ3) is 2.51. The Balaban J connectivity index is 2.60. The van der Waals surface area contributed by atoms with Gasteiger partial charge in [0.05, 0.1) is 0 Å². The lowest BCUT2D eigenvalue weighted by Gasteiger charge is -2.29. The molecule has 1 atom stereocenters. The zero-order valence-electron chi connectivity index (χ0n) is 11.6. The van der Waals surface area contributed by atoms with Gasteiger partial charge in [0.25, 0.3) is 0 Å². The molecule has 104 valence electrons. The molecule has 19 heavy (non-hydrogen) atoms. The molecule has 1 aromatic rings. The number of aliphatic hydroxyl groups is 1. The van der Waals surface area contributed by atoms with Crippen molar-refractivity contribution in [1.29, 1.82) is 0 Å². The first-order valence-electron chi connectivity index (χ1n) is 6.86. The lowest BCUT2D eigenvalue weighted by Crippen LogP contribution is -2.35.